The summed E-state index contributed by atoms with van der Waals surface area (Å²) in [6.07, 6.45) is 6.27. The number of hydrogen-bond acceptors (Lipinski definition) is 8. The van der Waals surface area contributed by atoms with Crippen molar-refractivity contribution in [1.82, 2.24) is 9.55 Å². The van der Waals surface area contributed by atoms with E-state index in [4.69, 9.17) is 14.2 Å². The summed E-state index contributed by atoms with van der Waals surface area (Å²) >= 11 is 1.15. The second kappa shape index (κ2) is 10.5. The van der Waals surface area contributed by atoms with Gasteiger partial charge in [-0.15, -0.1) is 11.3 Å². The summed E-state index contributed by atoms with van der Waals surface area (Å²) < 4.78 is 17.5. The van der Waals surface area contributed by atoms with Gasteiger partial charge in [0.1, 0.15) is 21.9 Å². The average Bonchev–Trinajstić information content (AvgIpc) is 3.21. The topological polar surface area (TPSA) is 109 Å². The minimum Gasteiger partial charge on any atom is -0.493 e. The van der Waals surface area contributed by atoms with Crippen molar-refractivity contribution in [3.05, 3.63) is 45.3 Å². The Balaban J connectivity index is 1.57. The van der Waals surface area contributed by atoms with E-state index >= 15 is 0 Å². The van der Waals surface area contributed by atoms with Crippen molar-refractivity contribution < 1.29 is 23.8 Å². The number of benzene rings is 1. The van der Waals surface area contributed by atoms with Gasteiger partial charge in [-0.1, -0.05) is 6.42 Å². The molecule has 1 saturated carbocycles. The fourth-order valence-corrected chi connectivity index (χ4v) is 5.30. The Labute approximate surface area is 207 Å². The quantitative estimate of drug-likeness (QED) is 0.478. The second-order valence-electron chi connectivity index (χ2n) is 8.59. The number of fused-ring (bicyclic) bond motifs is 1. The number of amides is 1. The SMILES string of the molecule is COc1ccc(NC(=O)C(C)n2cnc3sc(C(=O)OC4CCCCC4)c(C)c3c2=O)cc1OC. The van der Waals surface area contributed by atoms with Gasteiger partial charge in [0, 0.05) is 11.8 Å². The lowest BCUT2D eigenvalue weighted by Gasteiger charge is -2.21. The smallest absolute Gasteiger partial charge is 0.348 e. The normalized spacial score (nSPS) is 15.0. The molecule has 1 unspecified atom stereocenters. The second-order valence-corrected chi connectivity index (χ2v) is 9.59. The van der Waals surface area contributed by atoms with Crippen molar-refractivity contribution in [2.24, 2.45) is 0 Å². The number of ether oxygens (including phenoxy) is 3. The Kier molecular flexibility index (Phi) is 7.39. The van der Waals surface area contributed by atoms with Crippen molar-refractivity contribution in [2.45, 2.75) is 58.1 Å². The minimum atomic E-state index is -0.843. The first-order chi connectivity index (χ1) is 16.8. The molecule has 35 heavy (non-hydrogen) atoms. The first kappa shape index (κ1) is 24.7. The maximum Gasteiger partial charge on any atom is 0.348 e. The van der Waals surface area contributed by atoms with E-state index in [1.807, 2.05) is 0 Å². The number of rotatable bonds is 7. The zero-order valence-electron chi connectivity index (χ0n) is 20.3. The molecule has 2 aromatic heterocycles. The highest BCUT2D eigenvalue weighted by molar-refractivity contribution is 7.20. The van der Waals surface area contributed by atoms with Gasteiger partial charge < -0.3 is 19.5 Å². The fraction of sp³-hybridized carbons (Fsp3) is 0.440. The molecule has 10 heteroatoms. The predicted molar refractivity (Wildman–Crippen MR) is 134 cm³/mol. The van der Waals surface area contributed by atoms with E-state index < -0.39 is 17.9 Å². The molecule has 0 saturated heterocycles. The first-order valence-corrected chi connectivity index (χ1v) is 12.4. The fourth-order valence-electron chi connectivity index (χ4n) is 4.28. The van der Waals surface area contributed by atoms with Crippen molar-refractivity contribution in [3.63, 3.8) is 0 Å². The third-order valence-electron chi connectivity index (χ3n) is 6.34. The third-order valence-corrected chi connectivity index (χ3v) is 7.51. The van der Waals surface area contributed by atoms with Crippen LogP contribution >= 0.6 is 11.3 Å². The van der Waals surface area contributed by atoms with E-state index in [1.54, 1.807) is 32.0 Å². The van der Waals surface area contributed by atoms with Gasteiger partial charge in [0.05, 0.1) is 25.9 Å². The van der Waals surface area contributed by atoms with E-state index in [1.165, 1.54) is 25.1 Å². The van der Waals surface area contributed by atoms with Crippen LogP contribution in [0.3, 0.4) is 0 Å². The molecule has 2 heterocycles. The number of nitrogens with zero attached hydrogens (tertiary/aromatic N) is 2. The van der Waals surface area contributed by atoms with Gasteiger partial charge in [-0.05, 0) is 57.2 Å². The summed E-state index contributed by atoms with van der Waals surface area (Å²) in [5.74, 6) is 0.197. The Morgan fingerprint density at radius 3 is 2.54 bits per heavy atom. The lowest BCUT2D eigenvalue weighted by molar-refractivity contribution is -0.118. The number of nitrogens with one attached hydrogen (secondary N) is 1. The van der Waals surface area contributed by atoms with Crippen LogP contribution in [-0.2, 0) is 9.53 Å². The largest absolute Gasteiger partial charge is 0.493 e. The average molecular weight is 500 g/mol. The number of aromatic nitrogens is 2. The molecular weight excluding hydrogens is 470 g/mol. The number of carbonyl (C=O) groups excluding carboxylic acids is 2. The monoisotopic (exact) mass is 499 g/mol. The van der Waals surface area contributed by atoms with Crippen molar-refractivity contribution >= 4 is 39.1 Å². The molecule has 1 aliphatic carbocycles. The van der Waals surface area contributed by atoms with Gasteiger partial charge >= 0.3 is 5.97 Å². The zero-order valence-corrected chi connectivity index (χ0v) is 21.1. The van der Waals surface area contributed by atoms with Crippen LogP contribution in [0.5, 0.6) is 11.5 Å². The molecule has 0 spiro atoms. The van der Waals surface area contributed by atoms with E-state index in [2.05, 4.69) is 10.3 Å². The predicted octanol–water partition coefficient (Wildman–Crippen LogP) is 4.47. The molecule has 4 rings (SSSR count). The molecule has 0 aliphatic heterocycles. The molecule has 186 valence electrons. The Morgan fingerprint density at radius 2 is 1.86 bits per heavy atom. The number of anilines is 1. The molecule has 0 radical (unpaired) electrons. The van der Waals surface area contributed by atoms with Crippen LogP contribution in [-0.4, -0.2) is 41.8 Å². The Bertz CT molecular complexity index is 1310. The summed E-state index contributed by atoms with van der Waals surface area (Å²) in [5, 5.41) is 3.12. The van der Waals surface area contributed by atoms with Crippen molar-refractivity contribution in [2.75, 3.05) is 19.5 Å². The van der Waals surface area contributed by atoms with Gasteiger partial charge in [0.25, 0.3) is 5.56 Å². The number of thiophene rings is 1. The molecule has 1 atom stereocenters. The number of hydrogen-bond donors (Lipinski definition) is 1. The summed E-state index contributed by atoms with van der Waals surface area (Å²) in [6.45, 7) is 3.34. The highest BCUT2D eigenvalue weighted by atomic mass is 32.1. The summed E-state index contributed by atoms with van der Waals surface area (Å²) in [4.78, 5) is 44.3. The number of aryl methyl sites for hydroxylation is 1. The molecule has 9 nitrogen and oxygen atoms in total. The lowest BCUT2D eigenvalue weighted by Crippen LogP contribution is -2.31. The summed E-state index contributed by atoms with van der Waals surface area (Å²) in [5.41, 5.74) is 0.654. The molecule has 0 bridgehead atoms. The maximum atomic E-state index is 13.3. The molecule has 1 fully saturated rings. The minimum absolute atomic E-state index is 0.0780. The van der Waals surface area contributed by atoms with E-state index in [0.29, 0.717) is 37.8 Å². The number of carbonyl (C=O) groups is 2. The van der Waals surface area contributed by atoms with Crippen LogP contribution in [0.25, 0.3) is 10.2 Å². The summed E-state index contributed by atoms with van der Waals surface area (Å²) in [6, 6.07) is 4.16. The molecule has 3 aromatic rings. The van der Waals surface area contributed by atoms with Crippen LogP contribution in [0.15, 0.2) is 29.3 Å². The van der Waals surface area contributed by atoms with Crippen LogP contribution < -0.4 is 20.3 Å². The van der Waals surface area contributed by atoms with Crippen molar-refractivity contribution in [3.8, 4) is 11.5 Å². The first-order valence-electron chi connectivity index (χ1n) is 11.6. The molecular formula is C25H29N3O6S. The van der Waals surface area contributed by atoms with E-state index in [-0.39, 0.29) is 11.7 Å². The van der Waals surface area contributed by atoms with Gasteiger partial charge in [-0.2, -0.15) is 0 Å². The van der Waals surface area contributed by atoms with Gasteiger partial charge in [0.15, 0.2) is 11.5 Å². The van der Waals surface area contributed by atoms with Gasteiger partial charge in [-0.25, -0.2) is 9.78 Å². The Morgan fingerprint density at radius 1 is 1.14 bits per heavy atom. The molecule has 1 aliphatic rings. The summed E-state index contributed by atoms with van der Waals surface area (Å²) in [7, 11) is 3.04. The number of esters is 1. The third kappa shape index (κ3) is 5.02. The Hall–Kier alpha value is -3.40. The molecule has 1 aromatic carbocycles. The van der Waals surface area contributed by atoms with Gasteiger partial charge in [-0.3, -0.25) is 14.2 Å². The zero-order chi connectivity index (χ0) is 25.1. The van der Waals surface area contributed by atoms with Crippen LogP contribution in [0.4, 0.5) is 5.69 Å². The molecule has 1 N–H and O–H groups in total. The van der Waals surface area contributed by atoms with Crippen LogP contribution in [0.2, 0.25) is 0 Å². The van der Waals surface area contributed by atoms with Crippen molar-refractivity contribution in [1.29, 1.82) is 0 Å². The van der Waals surface area contributed by atoms with Crippen LogP contribution in [0, 0.1) is 6.92 Å². The highest BCUT2D eigenvalue weighted by Gasteiger charge is 2.26. The van der Waals surface area contributed by atoms with E-state index in [0.717, 1.165) is 43.4 Å². The standard InChI is InChI=1S/C25H29N3O6S/c1-14-20-23(35-21(14)25(31)34-17-8-6-5-7-9-17)26-13-28(24(20)30)15(2)22(29)27-16-10-11-18(32-3)19(12-16)33-4/h10-13,15,17H,5-9H2,1-4H3,(H,27,29). The highest BCUT2D eigenvalue weighted by Crippen LogP contribution is 2.31. The number of methoxy groups -OCH3 is 2. The van der Waals surface area contributed by atoms with E-state index in [9.17, 15) is 14.4 Å². The lowest BCUT2D eigenvalue weighted by atomic mass is 9.98. The molecule has 1 amide bonds. The van der Waals surface area contributed by atoms with Crippen LogP contribution in [0.1, 0.15) is 60.3 Å². The van der Waals surface area contributed by atoms with Gasteiger partial charge in [0.2, 0.25) is 5.91 Å². The maximum absolute atomic E-state index is 13.3.